The van der Waals surface area contributed by atoms with Crippen molar-refractivity contribution in [1.29, 1.82) is 0 Å². The summed E-state index contributed by atoms with van der Waals surface area (Å²) in [7, 11) is 2.06. The zero-order valence-electron chi connectivity index (χ0n) is 12.3. The van der Waals surface area contributed by atoms with Crippen molar-refractivity contribution in [2.75, 3.05) is 7.05 Å². The second-order valence-electron chi connectivity index (χ2n) is 4.97. The Morgan fingerprint density at radius 1 is 1.11 bits per heavy atom. The maximum absolute atomic E-state index is 3.49. The van der Waals surface area contributed by atoms with Gasteiger partial charge in [-0.15, -0.1) is 0 Å². The first-order valence-corrected chi connectivity index (χ1v) is 7.97. The van der Waals surface area contributed by atoms with Gasteiger partial charge in [0.1, 0.15) is 0 Å². The van der Waals surface area contributed by atoms with Crippen LogP contribution in [0.4, 0.5) is 0 Å². The first kappa shape index (κ1) is 14.3. The summed E-state index contributed by atoms with van der Waals surface area (Å²) in [5, 5.41) is 8.00. The highest BCUT2D eigenvalue weighted by Crippen LogP contribution is 2.30. The molecule has 0 aliphatic rings. The molecule has 0 fully saturated rings. The molecule has 0 saturated carbocycles. The van der Waals surface area contributed by atoms with Gasteiger partial charge in [-0.3, -0.25) is 0 Å². The SMILES string of the molecule is CCc1ccc(CC)c(C(NC)c2cscc2C)c1. The van der Waals surface area contributed by atoms with E-state index in [0.29, 0.717) is 6.04 Å². The second-order valence-corrected chi connectivity index (χ2v) is 5.72. The Morgan fingerprint density at radius 2 is 1.89 bits per heavy atom. The zero-order valence-corrected chi connectivity index (χ0v) is 13.1. The van der Waals surface area contributed by atoms with Gasteiger partial charge in [-0.1, -0.05) is 32.0 Å². The highest BCUT2D eigenvalue weighted by molar-refractivity contribution is 7.08. The fourth-order valence-corrected chi connectivity index (χ4v) is 3.48. The molecule has 2 aromatic rings. The number of thiophene rings is 1. The fourth-order valence-electron chi connectivity index (χ4n) is 2.60. The lowest BCUT2D eigenvalue weighted by molar-refractivity contribution is 0.681. The molecule has 1 nitrogen and oxygen atoms in total. The molecular formula is C17H23NS. The predicted molar refractivity (Wildman–Crippen MR) is 85.2 cm³/mol. The van der Waals surface area contributed by atoms with E-state index in [1.54, 1.807) is 11.3 Å². The minimum atomic E-state index is 0.313. The van der Waals surface area contributed by atoms with Crippen LogP contribution in [0.2, 0.25) is 0 Å². The molecule has 1 unspecified atom stereocenters. The molecule has 1 atom stereocenters. The van der Waals surface area contributed by atoms with E-state index in [-0.39, 0.29) is 0 Å². The van der Waals surface area contributed by atoms with Gasteiger partial charge in [-0.05, 0) is 65.4 Å². The molecule has 2 heteroatoms. The Balaban J connectivity index is 2.51. The van der Waals surface area contributed by atoms with Crippen LogP contribution in [-0.4, -0.2) is 7.05 Å². The molecule has 0 radical (unpaired) electrons. The Bertz CT molecular complexity index is 542. The summed E-state index contributed by atoms with van der Waals surface area (Å²) in [6.07, 6.45) is 2.18. The molecule has 0 spiro atoms. The lowest BCUT2D eigenvalue weighted by atomic mass is 9.91. The Hall–Kier alpha value is -1.12. The van der Waals surface area contributed by atoms with Gasteiger partial charge in [0.25, 0.3) is 0 Å². The van der Waals surface area contributed by atoms with Crippen LogP contribution in [-0.2, 0) is 12.8 Å². The second kappa shape index (κ2) is 6.36. The third-order valence-electron chi connectivity index (χ3n) is 3.81. The van der Waals surface area contributed by atoms with Crippen LogP contribution in [0, 0.1) is 6.92 Å². The Kier molecular flexibility index (Phi) is 4.78. The maximum Gasteiger partial charge on any atom is 0.0587 e. The van der Waals surface area contributed by atoms with Crippen LogP contribution < -0.4 is 5.32 Å². The third kappa shape index (κ3) is 2.90. The van der Waals surface area contributed by atoms with Crippen molar-refractivity contribution < 1.29 is 0 Å². The number of benzene rings is 1. The molecule has 0 aliphatic carbocycles. The molecule has 0 aliphatic heterocycles. The van der Waals surface area contributed by atoms with Crippen LogP contribution in [0.1, 0.15) is 47.7 Å². The predicted octanol–water partition coefficient (Wildman–Crippen LogP) is 4.49. The number of hydrogen-bond donors (Lipinski definition) is 1. The summed E-state index contributed by atoms with van der Waals surface area (Å²) in [4.78, 5) is 0. The minimum absolute atomic E-state index is 0.313. The first-order valence-electron chi connectivity index (χ1n) is 7.02. The highest BCUT2D eigenvalue weighted by Gasteiger charge is 2.18. The summed E-state index contributed by atoms with van der Waals surface area (Å²) in [6.45, 7) is 6.65. The lowest BCUT2D eigenvalue weighted by Gasteiger charge is -2.21. The van der Waals surface area contributed by atoms with Gasteiger partial charge in [-0.25, -0.2) is 0 Å². The largest absolute Gasteiger partial charge is 0.309 e. The van der Waals surface area contributed by atoms with Crippen LogP contribution in [0.15, 0.2) is 29.0 Å². The number of hydrogen-bond acceptors (Lipinski definition) is 2. The quantitative estimate of drug-likeness (QED) is 0.846. The number of nitrogens with one attached hydrogen (secondary N) is 1. The molecule has 102 valence electrons. The minimum Gasteiger partial charge on any atom is -0.309 e. The van der Waals surface area contributed by atoms with E-state index in [2.05, 4.69) is 62.1 Å². The van der Waals surface area contributed by atoms with E-state index in [0.717, 1.165) is 12.8 Å². The summed E-state index contributed by atoms with van der Waals surface area (Å²) in [5.74, 6) is 0. The first-order chi connectivity index (χ1) is 9.21. The van der Waals surface area contributed by atoms with E-state index in [9.17, 15) is 0 Å². The van der Waals surface area contributed by atoms with Crippen molar-refractivity contribution in [1.82, 2.24) is 5.32 Å². The zero-order chi connectivity index (χ0) is 13.8. The lowest BCUT2D eigenvalue weighted by Crippen LogP contribution is -2.19. The van der Waals surface area contributed by atoms with Crippen molar-refractivity contribution in [2.24, 2.45) is 0 Å². The average Bonchev–Trinajstić information content (AvgIpc) is 2.86. The fraction of sp³-hybridized carbons (Fsp3) is 0.412. The van der Waals surface area contributed by atoms with Crippen molar-refractivity contribution in [2.45, 2.75) is 39.7 Å². The van der Waals surface area contributed by atoms with Gasteiger partial charge in [0.2, 0.25) is 0 Å². The Morgan fingerprint density at radius 3 is 2.42 bits per heavy atom. The van der Waals surface area contributed by atoms with Gasteiger partial charge in [-0.2, -0.15) is 11.3 Å². The van der Waals surface area contributed by atoms with Crippen LogP contribution >= 0.6 is 11.3 Å². The van der Waals surface area contributed by atoms with E-state index in [1.165, 1.54) is 27.8 Å². The van der Waals surface area contributed by atoms with E-state index in [4.69, 9.17) is 0 Å². The summed E-state index contributed by atoms with van der Waals surface area (Å²) < 4.78 is 0. The molecular weight excluding hydrogens is 250 g/mol. The van der Waals surface area contributed by atoms with E-state index >= 15 is 0 Å². The average molecular weight is 273 g/mol. The van der Waals surface area contributed by atoms with E-state index < -0.39 is 0 Å². The molecule has 1 heterocycles. The summed E-state index contributed by atoms with van der Waals surface area (Å²) in [5.41, 5.74) is 7.09. The third-order valence-corrected chi connectivity index (χ3v) is 4.68. The summed E-state index contributed by atoms with van der Waals surface area (Å²) in [6, 6.07) is 7.24. The van der Waals surface area contributed by atoms with Crippen LogP contribution in [0.25, 0.3) is 0 Å². The van der Waals surface area contributed by atoms with Crippen molar-refractivity contribution in [3.63, 3.8) is 0 Å². The van der Waals surface area contributed by atoms with Crippen LogP contribution in [0.5, 0.6) is 0 Å². The smallest absolute Gasteiger partial charge is 0.0587 e. The van der Waals surface area contributed by atoms with Gasteiger partial charge >= 0.3 is 0 Å². The molecule has 1 aromatic heterocycles. The topological polar surface area (TPSA) is 12.0 Å². The number of aryl methyl sites for hydroxylation is 3. The van der Waals surface area contributed by atoms with Gasteiger partial charge in [0.05, 0.1) is 6.04 Å². The van der Waals surface area contributed by atoms with Crippen LogP contribution in [0.3, 0.4) is 0 Å². The normalized spacial score (nSPS) is 12.6. The van der Waals surface area contributed by atoms with Crippen molar-refractivity contribution in [3.8, 4) is 0 Å². The number of rotatable bonds is 5. The molecule has 0 saturated heterocycles. The maximum atomic E-state index is 3.49. The van der Waals surface area contributed by atoms with Gasteiger partial charge in [0, 0.05) is 0 Å². The molecule has 19 heavy (non-hydrogen) atoms. The van der Waals surface area contributed by atoms with Gasteiger partial charge < -0.3 is 5.32 Å². The molecule has 0 amide bonds. The van der Waals surface area contributed by atoms with E-state index in [1.807, 2.05) is 0 Å². The standard InChI is InChI=1S/C17H23NS/c1-5-13-7-8-14(6-2)15(9-13)17(18-4)16-11-19-10-12(16)3/h7-11,17-18H,5-6H2,1-4H3. The monoisotopic (exact) mass is 273 g/mol. The summed E-state index contributed by atoms with van der Waals surface area (Å²) >= 11 is 1.79. The van der Waals surface area contributed by atoms with Gasteiger partial charge in [0.15, 0.2) is 0 Å². The van der Waals surface area contributed by atoms with Crippen molar-refractivity contribution >= 4 is 11.3 Å². The Labute approximate surface area is 120 Å². The highest BCUT2D eigenvalue weighted by atomic mass is 32.1. The molecule has 0 bridgehead atoms. The molecule has 2 rings (SSSR count). The van der Waals surface area contributed by atoms with Crippen molar-refractivity contribution in [3.05, 3.63) is 56.8 Å². The molecule has 1 aromatic carbocycles. The molecule has 1 N–H and O–H groups in total.